The molecule has 6 atom stereocenters. The number of nitrogens with one attached hydrogen (secondary N) is 2. The van der Waals surface area contributed by atoms with E-state index >= 15 is 0 Å². The summed E-state index contributed by atoms with van der Waals surface area (Å²) in [7, 11) is 0. The Morgan fingerprint density at radius 3 is 1.79 bits per heavy atom. The third-order valence-electron chi connectivity index (χ3n) is 11.6. The van der Waals surface area contributed by atoms with Crippen molar-refractivity contribution in [3.8, 4) is 0 Å². The second-order valence-electron chi connectivity index (χ2n) is 16.4. The van der Waals surface area contributed by atoms with Crippen molar-refractivity contribution < 1.29 is 33.9 Å². The molecule has 2 aromatic carbocycles. The predicted octanol–water partition coefficient (Wildman–Crippen LogP) is 5.53. The van der Waals surface area contributed by atoms with E-state index in [1.807, 2.05) is 60.7 Å². The number of primary amides is 1. The maximum atomic E-state index is 14.2. The highest BCUT2D eigenvalue weighted by molar-refractivity contribution is 5.96. The van der Waals surface area contributed by atoms with Crippen LogP contribution in [0.2, 0.25) is 0 Å². The smallest absolute Gasteiger partial charge is 0.224 e. The first-order valence-electron chi connectivity index (χ1n) is 21.2. The molecule has 1 aliphatic carbocycles. The highest BCUT2D eigenvalue weighted by Crippen LogP contribution is 2.28. The number of nitrogens with zero attached hydrogens (tertiary/aromatic N) is 1. The molecule has 0 saturated heterocycles. The minimum absolute atomic E-state index is 0.0448. The minimum atomic E-state index is -1.15. The second kappa shape index (κ2) is 24.5. The number of aliphatic hydroxyl groups is 1. The highest BCUT2D eigenvalue weighted by atomic mass is 16.3. The number of amides is 3. The molecule has 3 amide bonds. The van der Waals surface area contributed by atoms with Gasteiger partial charge in [-0.25, -0.2) is 0 Å². The normalized spacial score (nSPS) is 16.6. The molecule has 5 N–H and O–H groups in total. The van der Waals surface area contributed by atoms with Crippen molar-refractivity contribution in [2.75, 3.05) is 13.1 Å². The molecule has 1 aliphatic rings. The molecular formula is C46H68N4O7. The maximum Gasteiger partial charge on any atom is 0.224 e. The van der Waals surface area contributed by atoms with E-state index in [1.165, 1.54) is 6.92 Å². The van der Waals surface area contributed by atoms with Crippen LogP contribution in [0, 0.1) is 23.7 Å². The lowest BCUT2D eigenvalue weighted by molar-refractivity contribution is -0.135. The Bertz CT molecular complexity index is 1580. The van der Waals surface area contributed by atoms with Crippen LogP contribution in [0.15, 0.2) is 60.7 Å². The predicted molar refractivity (Wildman–Crippen MR) is 223 cm³/mol. The summed E-state index contributed by atoms with van der Waals surface area (Å²) >= 11 is 0. The maximum absolute atomic E-state index is 14.2. The van der Waals surface area contributed by atoms with E-state index in [2.05, 4.69) is 36.3 Å². The van der Waals surface area contributed by atoms with Gasteiger partial charge in [0.25, 0.3) is 0 Å². The zero-order valence-electron chi connectivity index (χ0n) is 34.9. The van der Waals surface area contributed by atoms with Gasteiger partial charge in [0.1, 0.15) is 5.78 Å². The van der Waals surface area contributed by atoms with E-state index in [9.17, 15) is 33.9 Å². The van der Waals surface area contributed by atoms with E-state index in [1.54, 1.807) is 6.92 Å². The summed E-state index contributed by atoms with van der Waals surface area (Å²) in [5.74, 6) is -5.02. The van der Waals surface area contributed by atoms with E-state index in [-0.39, 0.29) is 49.1 Å². The number of hydrogen-bond donors (Lipinski definition) is 4. The first-order chi connectivity index (χ1) is 27.2. The van der Waals surface area contributed by atoms with Crippen molar-refractivity contribution >= 4 is 35.1 Å². The zero-order valence-corrected chi connectivity index (χ0v) is 34.9. The van der Waals surface area contributed by atoms with Gasteiger partial charge in [-0.3, -0.25) is 28.8 Å². The van der Waals surface area contributed by atoms with Crippen molar-refractivity contribution in [3.63, 3.8) is 0 Å². The second-order valence-corrected chi connectivity index (χ2v) is 16.4. The topological polar surface area (TPSA) is 176 Å². The van der Waals surface area contributed by atoms with Gasteiger partial charge in [0.15, 0.2) is 11.6 Å². The average Bonchev–Trinajstić information content (AvgIpc) is 3.19. The molecule has 11 nitrogen and oxygen atoms in total. The Kier molecular flexibility index (Phi) is 20.3. The summed E-state index contributed by atoms with van der Waals surface area (Å²) in [6.45, 7) is 11.0. The average molecular weight is 789 g/mol. The van der Waals surface area contributed by atoms with Crippen LogP contribution in [0.5, 0.6) is 0 Å². The first kappa shape index (κ1) is 47.2. The largest absolute Gasteiger partial charge is 0.393 e. The lowest BCUT2D eigenvalue weighted by Crippen LogP contribution is -2.48. The number of nitrogens with two attached hydrogens (primary N) is 1. The Hall–Kier alpha value is -4.22. The number of rotatable bonds is 26. The lowest BCUT2D eigenvalue weighted by atomic mass is 9.81. The number of aliphatic hydroxyl groups excluding tert-OH is 1. The molecule has 0 bridgehead atoms. The van der Waals surface area contributed by atoms with Crippen LogP contribution >= 0.6 is 0 Å². The third-order valence-corrected chi connectivity index (χ3v) is 11.6. The van der Waals surface area contributed by atoms with Gasteiger partial charge in [-0.1, -0.05) is 86.8 Å². The number of Topliss-reactive ketones (excluding diaryl/α,β-unsaturated/α-hetero) is 3. The molecule has 0 radical (unpaired) electrons. The van der Waals surface area contributed by atoms with Crippen molar-refractivity contribution in [3.05, 3.63) is 71.8 Å². The van der Waals surface area contributed by atoms with Gasteiger partial charge in [-0.2, -0.15) is 0 Å². The summed E-state index contributed by atoms with van der Waals surface area (Å²) in [5, 5.41) is 16.0. The standard InChI is InChI=1S/C46H68N4O7/c1-6-50(31(2)3)25-17-16-24-40(43(54)30-39(33(5)51)44(47)55)49-46(57)37(26-34-18-10-7-11-19-34)28-41(52)32(4)48-45(56)38(27-35-20-12-8-13-21-35)29-42(53)36-22-14-9-15-23-36/h7-8,10-13,18-21,31-33,36-40,51H,6,9,14-17,22-30H2,1-5H3,(H2,47,55)(H,48,56)(H,49,57)/t32-,33+,37+,38+,39?,40-/m0/s1. The quantitative estimate of drug-likeness (QED) is 0.0900. The summed E-state index contributed by atoms with van der Waals surface area (Å²) in [4.78, 5) is 83.4. The lowest BCUT2D eigenvalue weighted by Gasteiger charge is -2.26. The van der Waals surface area contributed by atoms with Crippen LogP contribution in [-0.4, -0.2) is 82.4 Å². The molecule has 11 heteroatoms. The van der Waals surface area contributed by atoms with Crippen molar-refractivity contribution in [1.82, 2.24) is 15.5 Å². The van der Waals surface area contributed by atoms with Gasteiger partial charge < -0.3 is 26.4 Å². The fraction of sp³-hybridized carbons (Fsp3) is 0.609. The van der Waals surface area contributed by atoms with Crippen LogP contribution in [-0.2, 0) is 41.6 Å². The van der Waals surface area contributed by atoms with Gasteiger partial charge >= 0.3 is 0 Å². The Balaban J connectivity index is 1.79. The summed E-state index contributed by atoms with van der Waals surface area (Å²) in [5.41, 5.74) is 7.27. The molecule has 1 saturated carbocycles. The number of unbranched alkanes of at least 4 members (excludes halogenated alkanes) is 1. The van der Waals surface area contributed by atoms with E-state index < -0.39 is 53.5 Å². The molecule has 314 valence electrons. The van der Waals surface area contributed by atoms with Crippen molar-refractivity contribution in [2.45, 2.75) is 142 Å². The van der Waals surface area contributed by atoms with Gasteiger partial charge in [0, 0.05) is 43.1 Å². The first-order valence-corrected chi connectivity index (χ1v) is 21.2. The van der Waals surface area contributed by atoms with Gasteiger partial charge in [-0.05, 0) is 96.9 Å². The van der Waals surface area contributed by atoms with Crippen LogP contribution < -0.4 is 16.4 Å². The summed E-state index contributed by atoms with van der Waals surface area (Å²) in [6, 6.07) is 17.3. The molecule has 1 unspecified atom stereocenters. The fourth-order valence-corrected chi connectivity index (χ4v) is 7.89. The molecule has 0 spiro atoms. The molecule has 0 aromatic heterocycles. The Labute approximate surface area is 340 Å². The highest BCUT2D eigenvalue weighted by Gasteiger charge is 2.34. The van der Waals surface area contributed by atoms with E-state index in [0.29, 0.717) is 25.3 Å². The summed E-state index contributed by atoms with van der Waals surface area (Å²) in [6.07, 6.45) is 5.52. The molecule has 0 heterocycles. The molecule has 1 fully saturated rings. The van der Waals surface area contributed by atoms with Crippen LogP contribution in [0.1, 0.15) is 116 Å². The number of benzene rings is 2. The molecule has 3 rings (SSSR count). The van der Waals surface area contributed by atoms with Crippen LogP contribution in [0.4, 0.5) is 0 Å². The van der Waals surface area contributed by atoms with Gasteiger partial charge in [0.2, 0.25) is 17.7 Å². The fourth-order valence-electron chi connectivity index (χ4n) is 7.89. The van der Waals surface area contributed by atoms with Crippen molar-refractivity contribution in [1.29, 1.82) is 0 Å². The third kappa shape index (κ3) is 16.3. The zero-order chi connectivity index (χ0) is 41.9. The van der Waals surface area contributed by atoms with E-state index in [4.69, 9.17) is 5.73 Å². The monoisotopic (exact) mass is 789 g/mol. The van der Waals surface area contributed by atoms with Crippen LogP contribution in [0.3, 0.4) is 0 Å². The number of ketones is 3. The van der Waals surface area contributed by atoms with Gasteiger partial charge in [-0.15, -0.1) is 0 Å². The minimum Gasteiger partial charge on any atom is -0.393 e. The SMILES string of the molecule is CCN(CCCC[C@H](NC(=O)[C@@H](CC(=O)[C@H](C)NC(=O)[C@@H](CC(=O)C1CCCCC1)Cc1ccccc1)Cc1ccccc1)C(=O)CC(C(N)=O)[C@@H](C)O)C(C)C. The molecule has 57 heavy (non-hydrogen) atoms. The molecular weight excluding hydrogens is 721 g/mol. The number of carbonyl (C=O) groups excluding carboxylic acids is 6. The number of carbonyl (C=O) groups is 6. The van der Waals surface area contributed by atoms with E-state index in [0.717, 1.165) is 62.7 Å². The number of hydrogen-bond acceptors (Lipinski definition) is 8. The van der Waals surface area contributed by atoms with Crippen LogP contribution in [0.25, 0.3) is 0 Å². The molecule has 2 aromatic rings. The molecule has 0 aliphatic heterocycles. The Morgan fingerprint density at radius 2 is 1.28 bits per heavy atom. The summed E-state index contributed by atoms with van der Waals surface area (Å²) < 4.78 is 0. The van der Waals surface area contributed by atoms with Crippen molar-refractivity contribution in [2.24, 2.45) is 29.4 Å². The van der Waals surface area contributed by atoms with Gasteiger partial charge in [0.05, 0.1) is 24.1 Å². The Morgan fingerprint density at radius 1 is 0.737 bits per heavy atom.